The van der Waals surface area contributed by atoms with Crippen LogP contribution in [0.3, 0.4) is 0 Å². The zero-order valence-corrected chi connectivity index (χ0v) is 13.2. The van der Waals surface area contributed by atoms with Crippen LogP contribution in [0.2, 0.25) is 0 Å². The first-order valence-corrected chi connectivity index (χ1v) is 6.92. The highest BCUT2D eigenvalue weighted by molar-refractivity contribution is 5.94. The largest absolute Gasteiger partial charge is 0.497 e. The van der Waals surface area contributed by atoms with E-state index in [2.05, 4.69) is 9.97 Å². The number of esters is 1. The van der Waals surface area contributed by atoms with E-state index in [1.54, 1.807) is 18.9 Å². The molecule has 0 unspecified atom stereocenters. The smallest absolute Gasteiger partial charge is 0.343 e. The molecular weight excluding hydrogens is 282 g/mol. The fourth-order valence-electron chi connectivity index (χ4n) is 1.97. The molecule has 0 aliphatic carbocycles. The van der Waals surface area contributed by atoms with Gasteiger partial charge in [0.05, 0.1) is 13.7 Å². The van der Waals surface area contributed by atoms with Gasteiger partial charge in [0.2, 0.25) is 0 Å². The highest BCUT2D eigenvalue weighted by atomic mass is 16.5. The fourth-order valence-corrected chi connectivity index (χ4v) is 1.97. The molecule has 0 saturated heterocycles. The maximum atomic E-state index is 12.0. The molecule has 0 radical (unpaired) electrons. The second kappa shape index (κ2) is 6.89. The van der Waals surface area contributed by atoms with Gasteiger partial charge in [-0.2, -0.15) is 0 Å². The second-order valence-electron chi connectivity index (χ2n) is 4.78. The molecule has 22 heavy (non-hydrogen) atoms. The van der Waals surface area contributed by atoms with Crippen molar-refractivity contribution in [2.45, 2.75) is 6.92 Å². The van der Waals surface area contributed by atoms with Gasteiger partial charge in [-0.15, -0.1) is 0 Å². The lowest BCUT2D eigenvalue weighted by atomic mass is 10.2. The number of aromatic nitrogens is 2. The molecule has 0 aliphatic rings. The summed E-state index contributed by atoms with van der Waals surface area (Å²) in [5, 5.41) is 0. The van der Waals surface area contributed by atoms with E-state index in [1.807, 2.05) is 38.4 Å². The van der Waals surface area contributed by atoms with Crippen LogP contribution in [0.5, 0.6) is 5.75 Å². The lowest BCUT2D eigenvalue weighted by molar-refractivity contribution is 0.0526. The predicted molar refractivity (Wildman–Crippen MR) is 84.3 cm³/mol. The zero-order chi connectivity index (χ0) is 16.1. The number of benzene rings is 1. The minimum atomic E-state index is -0.427. The molecular formula is C16H19N3O3. The van der Waals surface area contributed by atoms with Crippen molar-refractivity contribution >= 4 is 11.8 Å². The predicted octanol–water partition coefficient (Wildman–Crippen LogP) is 2.39. The van der Waals surface area contributed by atoms with Gasteiger partial charge in [-0.3, -0.25) is 0 Å². The number of rotatable bonds is 5. The maximum Gasteiger partial charge on any atom is 0.343 e. The fraction of sp³-hybridized carbons (Fsp3) is 0.312. The number of anilines is 1. The maximum absolute atomic E-state index is 12.0. The van der Waals surface area contributed by atoms with E-state index in [1.165, 1.54) is 6.20 Å². The van der Waals surface area contributed by atoms with Crippen molar-refractivity contribution in [1.29, 1.82) is 0 Å². The Labute approximate surface area is 129 Å². The molecule has 1 heterocycles. The van der Waals surface area contributed by atoms with Crippen LogP contribution in [-0.4, -0.2) is 43.7 Å². The Morgan fingerprint density at radius 2 is 2.09 bits per heavy atom. The highest BCUT2D eigenvalue weighted by Gasteiger charge is 2.18. The van der Waals surface area contributed by atoms with Gasteiger partial charge in [-0.1, -0.05) is 12.1 Å². The zero-order valence-electron chi connectivity index (χ0n) is 13.2. The van der Waals surface area contributed by atoms with Crippen LogP contribution in [0, 0.1) is 0 Å². The minimum absolute atomic E-state index is 0.309. The number of nitrogens with zero attached hydrogens (tertiary/aromatic N) is 3. The summed E-state index contributed by atoms with van der Waals surface area (Å²) < 4.78 is 10.2. The van der Waals surface area contributed by atoms with Crippen molar-refractivity contribution in [3.05, 3.63) is 36.0 Å². The lowest BCUT2D eigenvalue weighted by Crippen LogP contribution is -2.18. The van der Waals surface area contributed by atoms with Crippen molar-refractivity contribution in [3.8, 4) is 17.1 Å². The van der Waals surface area contributed by atoms with Gasteiger partial charge in [0.1, 0.15) is 17.1 Å². The Hall–Kier alpha value is -2.63. The third kappa shape index (κ3) is 3.33. The Kier molecular flexibility index (Phi) is 4.93. The first-order valence-electron chi connectivity index (χ1n) is 6.92. The molecule has 6 heteroatoms. The Bertz CT molecular complexity index is 671. The van der Waals surface area contributed by atoms with Gasteiger partial charge in [-0.25, -0.2) is 14.8 Å². The number of carbonyl (C=O) groups excluding carboxylic acids is 1. The highest BCUT2D eigenvalue weighted by Crippen LogP contribution is 2.24. The molecule has 2 aromatic rings. The number of hydrogen-bond donors (Lipinski definition) is 0. The molecule has 0 spiro atoms. The van der Waals surface area contributed by atoms with Crippen LogP contribution < -0.4 is 9.64 Å². The van der Waals surface area contributed by atoms with E-state index in [0.717, 1.165) is 11.3 Å². The first kappa shape index (κ1) is 15.8. The van der Waals surface area contributed by atoms with Gasteiger partial charge < -0.3 is 14.4 Å². The van der Waals surface area contributed by atoms with Crippen molar-refractivity contribution in [3.63, 3.8) is 0 Å². The molecule has 0 amide bonds. The summed E-state index contributed by atoms with van der Waals surface area (Å²) in [5.41, 5.74) is 1.16. The van der Waals surface area contributed by atoms with Crippen LogP contribution in [0.15, 0.2) is 30.5 Å². The lowest BCUT2D eigenvalue weighted by Gasteiger charge is -2.16. The molecule has 1 aromatic carbocycles. The normalized spacial score (nSPS) is 10.2. The van der Waals surface area contributed by atoms with E-state index in [9.17, 15) is 4.79 Å². The number of hydrogen-bond acceptors (Lipinski definition) is 6. The Balaban J connectivity index is 2.46. The van der Waals surface area contributed by atoms with Crippen molar-refractivity contribution in [2.24, 2.45) is 0 Å². The van der Waals surface area contributed by atoms with E-state index in [0.29, 0.717) is 23.8 Å². The quantitative estimate of drug-likeness (QED) is 0.790. The third-order valence-electron chi connectivity index (χ3n) is 3.02. The SMILES string of the molecule is CCOC(=O)c1cnc(-c2cccc(OC)c2)nc1N(C)C. The second-order valence-corrected chi connectivity index (χ2v) is 4.78. The van der Waals surface area contributed by atoms with Gasteiger partial charge in [0.15, 0.2) is 5.82 Å². The molecule has 1 aromatic heterocycles. The van der Waals surface area contributed by atoms with Crippen molar-refractivity contribution in [1.82, 2.24) is 9.97 Å². The molecule has 116 valence electrons. The number of ether oxygens (including phenoxy) is 2. The van der Waals surface area contributed by atoms with E-state index >= 15 is 0 Å². The summed E-state index contributed by atoms with van der Waals surface area (Å²) in [5.74, 6) is 1.34. The topological polar surface area (TPSA) is 64.5 Å². The van der Waals surface area contributed by atoms with Crippen LogP contribution in [0.25, 0.3) is 11.4 Å². The van der Waals surface area contributed by atoms with Gasteiger partial charge in [0.25, 0.3) is 0 Å². The average Bonchev–Trinajstić information content (AvgIpc) is 2.54. The summed E-state index contributed by atoms with van der Waals surface area (Å²) in [4.78, 5) is 22.5. The van der Waals surface area contributed by atoms with Crippen LogP contribution in [0.1, 0.15) is 17.3 Å². The molecule has 0 aliphatic heterocycles. The van der Waals surface area contributed by atoms with E-state index < -0.39 is 5.97 Å². The molecule has 0 atom stereocenters. The van der Waals surface area contributed by atoms with Crippen molar-refractivity contribution in [2.75, 3.05) is 32.7 Å². The molecule has 0 N–H and O–H groups in total. The van der Waals surface area contributed by atoms with Gasteiger partial charge in [-0.05, 0) is 19.1 Å². The Morgan fingerprint density at radius 1 is 1.32 bits per heavy atom. The molecule has 2 rings (SSSR count). The summed E-state index contributed by atoms with van der Waals surface area (Å²) in [6.45, 7) is 2.07. The Morgan fingerprint density at radius 3 is 2.73 bits per heavy atom. The third-order valence-corrected chi connectivity index (χ3v) is 3.02. The number of methoxy groups -OCH3 is 1. The van der Waals surface area contributed by atoms with Gasteiger partial charge in [0, 0.05) is 25.9 Å². The number of carbonyl (C=O) groups is 1. The molecule has 0 saturated carbocycles. The monoisotopic (exact) mass is 301 g/mol. The molecule has 0 fully saturated rings. The summed E-state index contributed by atoms with van der Waals surface area (Å²) >= 11 is 0. The summed E-state index contributed by atoms with van der Waals surface area (Å²) in [6.07, 6.45) is 1.50. The van der Waals surface area contributed by atoms with Crippen LogP contribution in [-0.2, 0) is 4.74 Å². The minimum Gasteiger partial charge on any atom is -0.497 e. The van der Waals surface area contributed by atoms with E-state index in [-0.39, 0.29) is 0 Å². The molecule has 0 bridgehead atoms. The van der Waals surface area contributed by atoms with Gasteiger partial charge >= 0.3 is 5.97 Å². The molecule has 6 nitrogen and oxygen atoms in total. The van der Waals surface area contributed by atoms with Crippen molar-refractivity contribution < 1.29 is 14.3 Å². The first-order chi connectivity index (χ1) is 10.6. The summed E-state index contributed by atoms with van der Waals surface area (Å²) in [7, 11) is 5.25. The standard InChI is InChI=1S/C16H19N3O3/c1-5-22-16(20)13-10-17-14(18-15(13)19(2)3)11-7-6-8-12(9-11)21-4/h6-10H,5H2,1-4H3. The average molecular weight is 301 g/mol. The van der Waals surface area contributed by atoms with E-state index in [4.69, 9.17) is 9.47 Å². The summed E-state index contributed by atoms with van der Waals surface area (Å²) in [6, 6.07) is 7.45. The van der Waals surface area contributed by atoms with Crippen LogP contribution >= 0.6 is 0 Å². The van der Waals surface area contributed by atoms with Crippen LogP contribution in [0.4, 0.5) is 5.82 Å².